The van der Waals surface area contributed by atoms with Crippen LogP contribution in [0.3, 0.4) is 0 Å². The number of hydrogen-bond acceptors (Lipinski definition) is 4. The topological polar surface area (TPSA) is 78.5 Å². The van der Waals surface area contributed by atoms with E-state index in [4.69, 9.17) is 6.42 Å². The van der Waals surface area contributed by atoms with Crippen molar-refractivity contribution in [1.29, 1.82) is 0 Å². The molecule has 2 aromatic carbocycles. The van der Waals surface area contributed by atoms with Crippen LogP contribution in [0.15, 0.2) is 59.5 Å². The minimum atomic E-state index is -3.73. The van der Waals surface area contributed by atoms with Gasteiger partial charge in [-0.1, -0.05) is 30.2 Å². The van der Waals surface area contributed by atoms with Crippen LogP contribution >= 0.6 is 0 Å². The number of nitrogens with zero attached hydrogens (tertiary/aromatic N) is 1. The van der Waals surface area contributed by atoms with E-state index in [-0.39, 0.29) is 17.3 Å². The van der Waals surface area contributed by atoms with Crippen molar-refractivity contribution in [3.8, 4) is 12.3 Å². The maximum Gasteiger partial charge on any atom is 0.251 e. The molecule has 28 heavy (non-hydrogen) atoms. The Kier molecular flexibility index (Phi) is 6.34. The zero-order valence-corrected chi connectivity index (χ0v) is 16.3. The normalized spacial score (nSPS) is 16.5. The summed E-state index contributed by atoms with van der Waals surface area (Å²) < 4.78 is 26.6. The van der Waals surface area contributed by atoms with E-state index in [1.807, 2.05) is 18.2 Å². The molecule has 146 valence electrons. The number of anilines is 1. The molecule has 1 heterocycles. The molecule has 0 saturated carbocycles. The third-order valence-corrected chi connectivity index (χ3v) is 6.13. The Labute approximate surface area is 166 Å². The van der Waals surface area contributed by atoms with Crippen LogP contribution in [0.25, 0.3) is 0 Å². The molecule has 0 bridgehead atoms. The van der Waals surface area contributed by atoms with Crippen LogP contribution < -0.4 is 14.9 Å². The van der Waals surface area contributed by atoms with E-state index in [0.29, 0.717) is 18.0 Å². The number of amides is 1. The van der Waals surface area contributed by atoms with E-state index in [1.165, 1.54) is 17.8 Å². The van der Waals surface area contributed by atoms with Crippen molar-refractivity contribution in [2.75, 3.05) is 31.1 Å². The molecule has 1 saturated heterocycles. The Balaban J connectivity index is 1.57. The van der Waals surface area contributed by atoms with E-state index in [9.17, 15) is 13.2 Å². The molecule has 2 aromatic rings. The molecule has 0 aliphatic carbocycles. The molecule has 2 N–H and O–H groups in total. The Morgan fingerprint density at radius 2 is 1.96 bits per heavy atom. The molecule has 1 amide bonds. The highest BCUT2D eigenvalue weighted by molar-refractivity contribution is 7.89. The Morgan fingerprint density at radius 3 is 2.71 bits per heavy atom. The van der Waals surface area contributed by atoms with Crippen molar-refractivity contribution < 1.29 is 13.2 Å². The molecule has 0 aromatic heterocycles. The summed E-state index contributed by atoms with van der Waals surface area (Å²) >= 11 is 0. The van der Waals surface area contributed by atoms with Crippen LogP contribution in [0.2, 0.25) is 0 Å². The Morgan fingerprint density at radius 1 is 1.18 bits per heavy atom. The van der Waals surface area contributed by atoms with Crippen LogP contribution in [-0.2, 0) is 10.0 Å². The summed E-state index contributed by atoms with van der Waals surface area (Å²) in [7, 11) is -3.73. The highest BCUT2D eigenvalue weighted by Crippen LogP contribution is 2.23. The maximum absolute atomic E-state index is 12.5. The average Bonchev–Trinajstić information content (AvgIpc) is 3.20. The first-order valence-electron chi connectivity index (χ1n) is 9.11. The largest absolute Gasteiger partial charge is 0.371 e. The molecule has 1 atom stereocenters. The number of nitrogens with one attached hydrogen (secondary N) is 2. The van der Waals surface area contributed by atoms with Crippen LogP contribution in [0.5, 0.6) is 0 Å². The van der Waals surface area contributed by atoms with Gasteiger partial charge >= 0.3 is 0 Å². The smallest absolute Gasteiger partial charge is 0.251 e. The third kappa shape index (κ3) is 4.91. The highest BCUT2D eigenvalue weighted by Gasteiger charge is 2.23. The van der Waals surface area contributed by atoms with E-state index in [0.717, 1.165) is 19.5 Å². The minimum Gasteiger partial charge on any atom is -0.371 e. The molecule has 1 aliphatic heterocycles. The predicted octanol–water partition coefficient (Wildman–Crippen LogP) is 1.85. The molecule has 7 heteroatoms. The summed E-state index contributed by atoms with van der Waals surface area (Å²) in [5.74, 6) is 2.29. The summed E-state index contributed by atoms with van der Waals surface area (Å²) in [5.41, 5.74) is 1.50. The van der Waals surface area contributed by atoms with E-state index < -0.39 is 10.0 Å². The summed E-state index contributed by atoms with van der Waals surface area (Å²) in [6.07, 6.45) is 6.09. The van der Waals surface area contributed by atoms with Crippen LogP contribution in [0, 0.1) is 18.3 Å². The van der Waals surface area contributed by atoms with Crippen molar-refractivity contribution in [3.63, 3.8) is 0 Å². The van der Waals surface area contributed by atoms with Gasteiger partial charge in [0, 0.05) is 30.9 Å². The summed E-state index contributed by atoms with van der Waals surface area (Å²) in [6.45, 7) is 2.29. The van der Waals surface area contributed by atoms with Gasteiger partial charge < -0.3 is 10.2 Å². The number of hydrogen-bond donors (Lipinski definition) is 2. The average molecular weight is 398 g/mol. The van der Waals surface area contributed by atoms with E-state index >= 15 is 0 Å². The maximum atomic E-state index is 12.5. The van der Waals surface area contributed by atoms with Crippen molar-refractivity contribution in [2.24, 2.45) is 5.92 Å². The zero-order valence-electron chi connectivity index (χ0n) is 15.5. The van der Waals surface area contributed by atoms with E-state index in [2.05, 4.69) is 33.0 Å². The Hall–Kier alpha value is -2.82. The fraction of sp³-hybridized carbons (Fsp3) is 0.286. The quantitative estimate of drug-likeness (QED) is 0.699. The number of carbonyl (C=O) groups excluding carboxylic acids is 1. The van der Waals surface area contributed by atoms with Gasteiger partial charge in [-0.25, -0.2) is 8.42 Å². The summed E-state index contributed by atoms with van der Waals surface area (Å²) in [6, 6.07) is 16.1. The lowest BCUT2D eigenvalue weighted by Gasteiger charge is -2.18. The monoisotopic (exact) mass is 397 g/mol. The number of para-hydroxylation sites is 1. The molecule has 3 rings (SSSR count). The van der Waals surface area contributed by atoms with Gasteiger partial charge in [-0.2, -0.15) is 4.72 Å². The summed E-state index contributed by atoms with van der Waals surface area (Å²) in [4.78, 5) is 14.8. The first-order valence-corrected chi connectivity index (χ1v) is 10.6. The van der Waals surface area contributed by atoms with Gasteiger partial charge in [0.2, 0.25) is 10.0 Å². The lowest BCUT2D eigenvalue weighted by Crippen LogP contribution is -2.31. The molecular weight excluding hydrogens is 374 g/mol. The van der Waals surface area contributed by atoms with Crippen molar-refractivity contribution in [1.82, 2.24) is 10.0 Å². The highest BCUT2D eigenvalue weighted by atomic mass is 32.2. The lowest BCUT2D eigenvalue weighted by molar-refractivity contribution is 0.0948. The fourth-order valence-corrected chi connectivity index (χ4v) is 4.22. The van der Waals surface area contributed by atoms with Gasteiger partial charge in [0.05, 0.1) is 11.4 Å². The number of terminal acetylenes is 1. The summed E-state index contributed by atoms with van der Waals surface area (Å²) in [5, 5.41) is 2.92. The van der Waals surface area contributed by atoms with Crippen molar-refractivity contribution >= 4 is 21.6 Å². The molecule has 0 spiro atoms. The van der Waals surface area contributed by atoms with Gasteiger partial charge in [-0.3, -0.25) is 4.79 Å². The second kappa shape index (κ2) is 8.91. The second-order valence-corrected chi connectivity index (χ2v) is 8.47. The number of carbonyl (C=O) groups is 1. The van der Waals surface area contributed by atoms with Gasteiger partial charge in [0.15, 0.2) is 0 Å². The molecule has 6 nitrogen and oxygen atoms in total. The standard InChI is InChI=1S/C21H23N3O3S/c1-2-12-23-28(26,27)20-10-6-7-18(14-20)21(25)22-15-17-11-13-24(16-17)19-8-4-3-5-9-19/h1,3-10,14,17,23H,11-13,15-16H2,(H,22,25). The SMILES string of the molecule is C#CCNS(=O)(=O)c1cccc(C(=O)NCC2CCN(c3ccccc3)C2)c1. The Bertz CT molecular complexity index is 968. The lowest BCUT2D eigenvalue weighted by atomic mass is 10.1. The molecular formula is C21H23N3O3S. The second-order valence-electron chi connectivity index (χ2n) is 6.70. The molecule has 1 fully saturated rings. The van der Waals surface area contributed by atoms with Crippen molar-refractivity contribution in [3.05, 3.63) is 60.2 Å². The van der Waals surface area contributed by atoms with Gasteiger partial charge in [-0.15, -0.1) is 6.42 Å². The predicted molar refractivity (Wildman–Crippen MR) is 110 cm³/mol. The van der Waals surface area contributed by atoms with Crippen LogP contribution in [-0.4, -0.2) is 40.5 Å². The number of benzene rings is 2. The molecule has 0 radical (unpaired) electrons. The van der Waals surface area contributed by atoms with Crippen LogP contribution in [0.1, 0.15) is 16.8 Å². The fourth-order valence-electron chi connectivity index (χ4n) is 3.24. The molecule has 1 unspecified atom stereocenters. The first-order chi connectivity index (χ1) is 13.5. The van der Waals surface area contributed by atoms with Gasteiger partial charge in [-0.05, 0) is 42.7 Å². The number of rotatable bonds is 7. The van der Waals surface area contributed by atoms with E-state index in [1.54, 1.807) is 12.1 Å². The number of sulfonamides is 1. The zero-order chi connectivity index (χ0) is 20.0. The minimum absolute atomic E-state index is 0.0199. The first kappa shape index (κ1) is 19.9. The van der Waals surface area contributed by atoms with Crippen molar-refractivity contribution in [2.45, 2.75) is 11.3 Å². The van der Waals surface area contributed by atoms with Crippen LogP contribution in [0.4, 0.5) is 5.69 Å². The van der Waals surface area contributed by atoms with Gasteiger partial charge in [0.1, 0.15) is 0 Å². The van der Waals surface area contributed by atoms with Gasteiger partial charge in [0.25, 0.3) is 5.91 Å². The third-order valence-electron chi connectivity index (χ3n) is 4.73. The molecule has 1 aliphatic rings.